The summed E-state index contributed by atoms with van der Waals surface area (Å²) in [6.45, 7) is 6.03. The molecule has 1 heterocycles. The highest BCUT2D eigenvalue weighted by atomic mass is 16.1. The molecule has 0 bridgehead atoms. The van der Waals surface area contributed by atoms with Crippen LogP contribution in [0.4, 0.5) is 0 Å². The zero-order chi connectivity index (χ0) is 13.6. The van der Waals surface area contributed by atoms with Crippen molar-refractivity contribution in [1.82, 2.24) is 10.3 Å². The van der Waals surface area contributed by atoms with E-state index in [1.54, 1.807) is 0 Å². The first kappa shape index (κ1) is 12.2. The second kappa shape index (κ2) is 4.34. The number of hydrogen-bond donors (Lipinski definition) is 1. The van der Waals surface area contributed by atoms with Crippen molar-refractivity contribution in [3.05, 3.63) is 40.6 Å². The number of carbonyl (C=O) groups excluding carboxylic acids is 1. The molecule has 2 aromatic rings. The fourth-order valence-corrected chi connectivity index (χ4v) is 2.49. The van der Waals surface area contributed by atoms with Crippen LogP contribution in [-0.4, -0.2) is 16.9 Å². The number of nitrogens with one attached hydrogen (secondary N) is 1. The van der Waals surface area contributed by atoms with Gasteiger partial charge in [0.2, 0.25) is 0 Å². The molecule has 98 valence electrons. The first-order valence-electron chi connectivity index (χ1n) is 6.74. The molecule has 1 fully saturated rings. The summed E-state index contributed by atoms with van der Waals surface area (Å²) < 4.78 is 0. The summed E-state index contributed by atoms with van der Waals surface area (Å²) in [6, 6.07) is 6.43. The van der Waals surface area contributed by atoms with E-state index < -0.39 is 0 Å². The maximum Gasteiger partial charge on any atom is 0.252 e. The van der Waals surface area contributed by atoms with Gasteiger partial charge in [-0.1, -0.05) is 11.6 Å². The molecule has 3 rings (SSSR count). The van der Waals surface area contributed by atoms with Crippen LogP contribution in [0.15, 0.2) is 18.2 Å². The predicted molar refractivity (Wildman–Crippen MR) is 76.4 cm³/mol. The van der Waals surface area contributed by atoms with E-state index in [2.05, 4.69) is 29.4 Å². The average molecular weight is 254 g/mol. The van der Waals surface area contributed by atoms with Crippen LogP contribution in [0.25, 0.3) is 10.9 Å². The minimum atomic E-state index is 0.0306. The Kier molecular flexibility index (Phi) is 2.77. The summed E-state index contributed by atoms with van der Waals surface area (Å²) in [7, 11) is 0. The van der Waals surface area contributed by atoms with Gasteiger partial charge in [0.05, 0.1) is 11.1 Å². The van der Waals surface area contributed by atoms with Crippen molar-refractivity contribution in [2.45, 2.75) is 39.7 Å². The molecule has 1 aliphatic carbocycles. The number of rotatable bonds is 2. The number of carbonyl (C=O) groups is 1. The van der Waals surface area contributed by atoms with Crippen molar-refractivity contribution >= 4 is 16.8 Å². The van der Waals surface area contributed by atoms with Crippen LogP contribution >= 0.6 is 0 Å². The number of benzene rings is 1. The molecule has 1 saturated carbocycles. The van der Waals surface area contributed by atoms with Crippen molar-refractivity contribution in [3.63, 3.8) is 0 Å². The fraction of sp³-hybridized carbons (Fsp3) is 0.375. The predicted octanol–water partition coefficient (Wildman–Crippen LogP) is 3.05. The molecule has 1 aromatic carbocycles. The van der Waals surface area contributed by atoms with E-state index in [9.17, 15) is 4.79 Å². The molecule has 0 atom stereocenters. The van der Waals surface area contributed by atoms with Gasteiger partial charge in [0.1, 0.15) is 0 Å². The van der Waals surface area contributed by atoms with Gasteiger partial charge in [0.25, 0.3) is 5.91 Å². The third kappa shape index (κ3) is 2.33. The topological polar surface area (TPSA) is 42.0 Å². The van der Waals surface area contributed by atoms with E-state index in [-0.39, 0.29) is 5.91 Å². The third-order valence-corrected chi connectivity index (χ3v) is 3.53. The van der Waals surface area contributed by atoms with Gasteiger partial charge in [-0.15, -0.1) is 0 Å². The van der Waals surface area contributed by atoms with Gasteiger partial charge >= 0.3 is 0 Å². The van der Waals surface area contributed by atoms with Gasteiger partial charge in [-0.3, -0.25) is 9.78 Å². The Balaban J connectivity index is 2.18. The van der Waals surface area contributed by atoms with Gasteiger partial charge in [0.15, 0.2) is 0 Å². The van der Waals surface area contributed by atoms with Crippen LogP contribution in [-0.2, 0) is 0 Å². The monoisotopic (exact) mass is 254 g/mol. The molecule has 0 radical (unpaired) electrons. The summed E-state index contributed by atoms with van der Waals surface area (Å²) in [5.74, 6) is 0.0306. The van der Waals surface area contributed by atoms with Crippen LogP contribution in [0, 0.1) is 20.8 Å². The maximum absolute atomic E-state index is 12.3. The number of nitrogens with zero attached hydrogens (tertiary/aromatic N) is 1. The van der Waals surface area contributed by atoms with E-state index in [1.165, 1.54) is 0 Å². The number of pyridine rings is 1. The van der Waals surface area contributed by atoms with E-state index in [0.29, 0.717) is 6.04 Å². The lowest BCUT2D eigenvalue weighted by Crippen LogP contribution is -2.25. The van der Waals surface area contributed by atoms with Crippen LogP contribution < -0.4 is 5.32 Å². The Morgan fingerprint density at radius 2 is 1.95 bits per heavy atom. The molecule has 1 N–H and O–H groups in total. The van der Waals surface area contributed by atoms with Crippen LogP contribution in [0.3, 0.4) is 0 Å². The van der Waals surface area contributed by atoms with E-state index in [4.69, 9.17) is 0 Å². The molecule has 0 saturated heterocycles. The molecule has 0 aliphatic heterocycles. The maximum atomic E-state index is 12.3. The standard InChI is InChI=1S/C16H18N2O/c1-9-6-10(2)15-13(7-9)14(8-11(3)17-15)16(19)18-12-4-5-12/h6-8,12H,4-5H2,1-3H3,(H,18,19). The minimum Gasteiger partial charge on any atom is -0.349 e. The lowest BCUT2D eigenvalue weighted by molar-refractivity contribution is 0.0952. The van der Waals surface area contributed by atoms with Crippen molar-refractivity contribution in [2.75, 3.05) is 0 Å². The van der Waals surface area contributed by atoms with Gasteiger partial charge in [0, 0.05) is 17.1 Å². The molecular formula is C16H18N2O. The quantitative estimate of drug-likeness (QED) is 0.895. The summed E-state index contributed by atoms with van der Waals surface area (Å²) in [4.78, 5) is 16.9. The highest BCUT2D eigenvalue weighted by Crippen LogP contribution is 2.25. The molecule has 0 spiro atoms. The van der Waals surface area contributed by atoms with Crippen molar-refractivity contribution in [3.8, 4) is 0 Å². The van der Waals surface area contributed by atoms with Crippen LogP contribution in [0.2, 0.25) is 0 Å². The number of aryl methyl sites for hydroxylation is 3. The second-order valence-electron chi connectivity index (χ2n) is 5.54. The average Bonchev–Trinajstić information content (AvgIpc) is 3.13. The van der Waals surface area contributed by atoms with Crippen LogP contribution in [0.5, 0.6) is 0 Å². The summed E-state index contributed by atoms with van der Waals surface area (Å²) in [5, 5.41) is 4.02. The zero-order valence-corrected chi connectivity index (χ0v) is 11.6. The molecule has 3 nitrogen and oxygen atoms in total. The van der Waals surface area contributed by atoms with Gasteiger partial charge in [-0.05, 0) is 51.3 Å². The normalized spacial score (nSPS) is 14.7. The smallest absolute Gasteiger partial charge is 0.252 e. The van der Waals surface area contributed by atoms with E-state index in [0.717, 1.165) is 46.1 Å². The van der Waals surface area contributed by atoms with E-state index in [1.807, 2.05) is 19.9 Å². The molecular weight excluding hydrogens is 236 g/mol. The zero-order valence-electron chi connectivity index (χ0n) is 11.6. The molecule has 1 aliphatic rings. The largest absolute Gasteiger partial charge is 0.349 e. The molecule has 19 heavy (non-hydrogen) atoms. The molecule has 1 aromatic heterocycles. The Morgan fingerprint density at radius 1 is 1.21 bits per heavy atom. The Morgan fingerprint density at radius 3 is 2.63 bits per heavy atom. The number of hydrogen-bond acceptors (Lipinski definition) is 2. The van der Waals surface area contributed by atoms with E-state index >= 15 is 0 Å². The number of aromatic nitrogens is 1. The van der Waals surface area contributed by atoms with Crippen molar-refractivity contribution in [2.24, 2.45) is 0 Å². The van der Waals surface area contributed by atoms with Crippen LogP contribution in [0.1, 0.15) is 40.0 Å². The van der Waals surface area contributed by atoms with Crippen molar-refractivity contribution < 1.29 is 4.79 Å². The minimum absolute atomic E-state index is 0.0306. The Hall–Kier alpha value is -1.90. The number of fused-ring (bicyclic) bond motifs is 1. The molecule has 3 heteroatoms. The first-order chi connectivity index (χ1) is 9.04. The highest BCUT2D eigenvalue weighted by Gasteiger charge is 2.25. The Bertz CT molecular complexity index is 672. The highest BCUT2D eigenvalue weighted by molar-refractivity contribution is 6.07. The number of amides is 1. The summed E-state index contributed by atoms with van der Waals surface area (Å²) in [6.07, 6.45) is 2.21. The lowest BCUT2D eigenvalue weighted by Gasteiger charge is -2.11. The first-order valence-corrected chi connectivity index (χ1v) is 6.74. The lowest BCUT2D eigenvalue weighted by atomic mass is 10.0. The Labute approximate surface area is 113 Å². The summed E-state index contributed by atoms with van der Waals surface area (Å²) in [5.41, 5.74) is 4.86. The van der Waals surface area contributed by atoms with Gasteiger partial charge in [-0.2, -0.15) is 0 Å². The fourth-order valence-electron chi connectivity index (χ4n) is 2.49. The molecule has 0 unspecified atom stereocenters. The molecule has 1 amide bonds. The van der Waals surface area contributed by atoms with Crippen molar-refractivity contribution in [1.29, 1.82) is 0 Å². The second-order valence-corrected chi connectivity index (χ2v) is 5.54. The summed E-state index contributed by atoms with van der Waals surface area (Å²) >= 11 is 0. The van der Waals surface area contributed by atoms with Gasteiger partial charge in [-0.25, -0.2) is 0 Å². The SMILES string of the molecule is Cc1cc(C)c2nc(C)cc(C(=O)NC3CC3)c2c1. The third-order valence-electron chi connectivity index (χ3n) is 3.53. The van der Waals surface area contributed by atoms with Gasteiger partial charge < -0.3 is 5.32 Å².